The lowest BCUT2D eigenvalue weighted by atomic mass is 9.95. The molecule has 0 atom stereocenters. The number of amides is 1. The van der Waals surface area contributed by atoms with Gasteiger partial charge in [-0.15, -0.1) is 0 Å². The van der Waals surface area contributed by atoms with Gasteiger partial charge in [-0.2, -0.15) is 0 Å². The molecule has 0 aliphatic heterocycles. The number of anilines is 1. The average Bonchev–Trinajstić information content (AvgIpc) is 2.41. The van der Waals surface area contributed by atoms with Gasteiger partial charge in [0.25, 0.3) is 0 Å². The summed E-state index contributed by atoms with van der Waals surface area (Å²) in [6, 6.07) is 5.66. The van der Waals surface area contributed by atoms with E-state index in [4.69, 9.17) is 17.3 Å². The van der Waals surface area contributed by atoms with Gasteiger partial charge >= 0.3 is 0 Å². The molecule has 1 saturated carbocycles. The molecule has 0 spiro atoms. The maximum Gasteiger partial charge on any atom is 0.244 e. The average molecular weight is 279 g/mol. The Morgan fingerprint density at radius 2 is 2.05 bits per heavy atom. The Balaban J connectivity index is 1.90. The van der Waals surface area contributed by atoms with E-state index in [9.17, 15) is 4.79 Å². The van der Waals surface area contributed by atoms with E-state index < -0.39 is 0 Å². The predicted molar refractivity (Wildman–Crippen MR) is 79.9 cm³/mol. The Morgan fingerprint density at radius 1 is 1.32 bits per heavy atom. The van der Waals surface area contributed by atoms with Crippen molar-refractivity contribution in [3.05, 3.63) is 34.9 Å². The number of hydrogen-bond donors (Lipinski definition) is 2. The zero-order valence-corrected chi connectivity index (χ0v) is 11.6. The van der Waals surface area contributed by atoms with Crippen molar-refractivity contribution in [1.29, 1.82) is 0 Å². The second-order valence-corrected chi connectivity index (χ2v) is 5.37. The minimum absolute atomic E-state index is 0.0413. The topological polar surface area (TPSA) is 55.1 Å². The fourth-order valence-electron chi connectivity index (χ4n) is 2.33. The van der Waals surface area contributed by atoms with Crippen molar-refractivity contribution in [2.24, 2.45) is 0 Å². The zero-order chi connectivity index (χ0) is 13.7. The number of benzene rings is 1. The lowest BCUT2D eigenvalue weighted by Crippen LogP contribution is -2.34. The molecule has 1 aliphatic carbocycles. The van der Waals surface area contributed by atoms with Crippen molar-refractivity contribution >= 4 is 29.3 Å². The quantitative estimate of drug-likeness (QED) is 0.658. The summed E-state index contributed by atoms with van der Waals surface area (Å²) in [5, 5.41) is 3.56. The molecule has 0 radical (unpaired) electrons. The fraction of sp³-hybridized carbons (Fsp3) is 0.400. The number of hydrogen-bond acceptors (Lipinski definition) is 2. The summed E-state index contributed by atoms with van der Waals surface area (Å²) in [6.07, 6.45) is 9.19. The molecule has 3 nitrogen and oxygen atoms in total. The largest absolute Gasteiger partial charge is 0.398 e. The molecule has 1 aromatic carbocycles. The van der Waals surface area contributed by atoms with Crippen LogP contribution in [0.15, 0.2) is 24.3 Å². The third-order valence-electron chi connectivity index (χ3n) is 3.40. The highest BCUT2D eigenvalue weighted by Gasteiger charge is 2.13. The van der Waals surface area contributed by atoms with Gasteiger partial charge in [0.1, 0.15) is 0 Å². The molecule has 0 bridgehead atoms. The van der Waals surface area contributed by atoms with Gasteiger partial charge in [0.15, 0.2) is 0 Å². The number of carbonyl (C=O) groups excluding carboxylic acids is 1. The van der Waals surface area contributed by atoms with Crippen LogP contribution in [0.25, 0.3) is 6.08 Å². The highest BCUT2D eigenvalue weighted by atomic mass is 35.5. The molecule has 1 amide bonds. The summed E-state index contributed by atoms with van der Waals surface area (Å²) in [5.74, 6) is -0.0413. The van der Waals surface area contributed by atoms with Crippen molar-refractivity contribution in [2.45, 2.75) is 38.1 Å². The maximum atomic E-state index is 11.8. The Hall–Kier alpha value is -1.48. The first-order valence-corrected chi connectivity index (χ1v) is 7.06. The maximum absolute atomic E-state index is 11.8. The van der Waals surface area contributed by atoms with Crippen molar-refractivity contribution in [1.82, 2.24) is 5.32 Å². The van der Waals surface area contributed by atoms with Gasteiger partial charge in [0, 0.05) is 12.1 Å². The van der Waals surface area contributed by atoms with Crippen LogP contribution < -0.4 is 11.1 Å². The minimum Gasteiger partial charge on any atom is -0.398 e. The molecule has 0 aromatic heterocycles. The molecule has 19 heavy (non-hydrogen) atoms. The smallest absolute Gasteiger partial charge is 0.244 e. The van der Waals surface area contributed by atoms with Crippen LogP contribution in [0.2, 0.25) is 5.02 Å². The molecule has 3 N–H and O–H groups in total. The van der Waals surface area contributed by atoms with Crippen LogP contribution in [0.3, 0.4) is 0 Å². The van der Waals surface area contributed by atoms with Crippen LogP contribution >= 0.6 is 11.6 Å². The number of nitrogens with two attached hydrogens (primary N) is 1. The summed E-state index contributed by atoms with van der Waals surface area (Å²) >= 11 is 5.84. The highest BCUT2D eigenvalue weighted by Crippen LogP contribution is 2.20. The molecular weight excluding hydrogens is 260 g/mol. The van der Waals surface area contributed by atoms with E-state index in [1.165, 1.54) is 19.3 Å². The molecule has 0 heterocycles. The summed E-state index contributed by atoms with van der Waals surface area (Å²) in [5.41, 5.74) is 7.11. The summed E-state index contributed by atoms with van der Waals surface area (Å²) in [6.45, 7) is 0. The van der Waals surface area contributed by atoms with Gasteiger partial charge < -0.3 is 11.1 Å². The molecule has 4 heteroatoms. The normalized spacial score (nSPS) is 16.7. The molecule has 2 rings (SSSR count). The van der Waals surface area contributed by atoms with E-state index >= 15 is 0 Å². The van der Waals surface area contributed by atoms with Crippen LogP contribution in [-0.2, 0) is 4.79 Å². The first-order valence-electron chi connectivity index (χ1n) is 6.69. The lowest BCUT2D eigenvalue weighted by molar-refractivity contribution is -0.117. The molecule has 1 fully saturated rings. The first kappa shape index (κ1) is 13.9. The Labute approximate surface area is 118 Å². The number of rotatable bonds is 3. The number of nitrogens with one attached hydrogen (secondary N) is 1. The Bertz CT molecular complexity index is 479. The number of nitrogen functional groups attached to an aromatic ring is 1. The van der Waals surface area contributed by atoms with Gasteiger partial charge in [-0.05, 0) is 36.6 Å². The summed E-state index contributed by atoms with van der Waals surface area (Å²) in [7, 11) is 0. The van der Waals surface area contributed by atoms with Gasteiger partial charge in [0.05, 0.1) is 10.7 Å². The first-order chi connectivity index (χ1) is 9.15. The second kappa shape index (κ2) is 6.62. The molecular formula is C15H19ClN2O. The van der Waals surface area contributed by atoms with E-state index in [0.29, 0.717) is 16.8 Å². The van der Waals surface area contributed by atoms with Crippen molar-refractivity contribution < 1.29 is 4.79 Å². The van der Waals surface area contributed by atoms with E-state index in [0.717, 1.165) is 18.4 Å². The van der Waals surface area contributed by atoms with Gasteiger partial charge in [-0.1, -0.05) is 36.9 Å². The van der Waals surface area contributed by atoms with Crippen molar-refractivity contribution in [3.63, 3.8) is 0 Å². The molecule has 102 valence electrons. The van der Waals surface area contributed by atoms with Crippen LogP contribution in [0, 0.1) is 0 Å². The predicted octanol–water partition coefficient (Wildman–Crippen LogP) is 3.38. The second-order valence-electron chi connectivity index (χ2n) is 4.96. The minimum atomic E-state index is -0.0413. The van der Waals surface area contributed by atoms with Crippen molar-refractivity contribution in [2.75, 3.05) is 5.73 Å². The zero-order valence-electron chi connectivity index (χ0n) is 10.9. The molecule has 1 aliphatic rings. The standard InChI is InChI=1S/C15H19ClN2O/c16-13-8-6-11(10-14(13)17)7-9-15(19)18-12-4-2-1-3-5-12/h6-10,12H,1-5,17H2,(H,18,19)/b9-7+. The number of carbonyl (C=O) groups is 1. The van der Waals surface area contributed by atoms with E-state index in [-0.39, 0.29) is 5.91 Å². The lowest BCUT2D eigenvalue weighted by Gasteiger charge is -2.21. The summed E-state index contributed by atoms with van der Waals surface area (Å²) in [4.78, 5) is 11.8. The van der Waals surface area contributed by atoms with Crippen LogP contribution in [0.4, 0.5) is 5.69 Å². The van der Waals surface area contributed by atoms with Crippen LogP contribution in [-0.4, -0.2) is 11.9 Å². The van der Waals surface area contributed by atoms with E-state index in [1.54, 1.807) is 24.3 Å². The van der Waals surface area contributed by atoms with Gasteiger partial charge in [-0.25, -0.2) is 0 Å². The van der Waals surface area contributed by atoms with Gasteiger partial charge in [0.2, 0.25) is 5.91 Å². The SMILES string of the molecule is Nc1cc(/C=C/C(=O)NC2CCCCC2)ccc1Cl. The molecule has 0 unspecified atom stereocenters. The van der Waals surface area contributed by atoms with Crippen molar-refractivity contribution in [3.8, 4) is 0 Å². The Kier molecular flexibility index (Phi) is 4.86. The van der Waals surface area contributed by atoms with E-state index in [2.05, 4.69) is 5.32 Å². The fourth-order valence-corrected chi connectivity index (χ4v) is 2.45. The Morgan fingerprint density at radius 3 is 2.74 bits per heavy atom. The summed E-state index contributed by atoms with van der Waals surface area (Å²) < 4.78 is 0. The third kappa shape index (κ3) is 4.28. The third-order valence-corrected chi connectivity index (χ3v) is 3.74. The molecule has 0 saturated heterocycles. The molecule has 1 aromatic rings. The monoisotopic (exact) mass is 278 g/mol. The van der Waals surface area contributed by atoms with E-state index in [1.807, 2.05) is 6.07 Å². The number of halogens is 1. The van der Waals surface area contributed by atoms with Gasteiger partial charge in [-0.3, -0.25) is 4.79 Å². The van der Waals surface area contributed by atoms with Crippen LogP contribution in [0.1, 0.15) is 37.7 Å². The highest BCUT2D eigenvalue weighted by molar-refractivity contribution is 6.33. The van der Waals surface area contributed by atoms with Crippen LogP contribution in [0.5, 0.6) is 0 Å².